The molecule has 0 aliphatic carbocycles. The van der Waals surface area contributed by atoms with Gasteiger partial charge in [0.2, 0.25) is 0 Å². The van der Waals surface area contributed by atoms with Crippen molar-refractivity contribution in [2.24, 2.45) is 0 Å². The molecule has 0 saturated heterocycles. The maximum absolute atomic E-state index is 5.85. The predicted octanol–water partition coefficient (Wildman–Crippen LogP) is 6.32. The standard InChI is InChI=1S/C23H38O3/c1-7-10-11-12-13-14-18-22(9-3,23(24-4,25-5)26-6)21-17-15-16-20(8-2)19-21/h8,15-17,19H,2,7,9-14,18H2,1,3-6H3. The van der Waals surface area contributed by atoms with Gasteiger partial charge < -0.3 is 14.2 Å². The summed E-state index contributed by atoms with van der Waals surface area (Å²) < 4.78 is 17.5. The molecule has 26 heavy (non-hydrogen) atoms. The van der Waals surface area contributed by atoms with E-state index in [4.69, 9.17) is 14.2 Å². The zero-order valence-corrected chi connectivity index (χ0v) is 17.5. The fourth-order valence-electron chi connectivity index (χ4n) is 4.08. The van der Waals surface area contributed by atoms with E-state index in [2.05, 4.69) is 44.7 Å². The van der Waals surface area contributed by atoms with E-state index in [-0.39, 0.29) is 5.41 Å². The molecule has 0 amide bonds. The first-order chi connectivity index (χ1) is 12.6. The molecule has 0 aromatic heterocycles. The summed E-state index contributed by atoms with van der Waals surface area (Å²) in [5, 5.41) is 0. The van der Waals surface area contributed by atoms with Crippen molar-refractivity contribution in [3.8, 4) is 0 Å². The molecule has 0 saturated carbocycles. The molecule has 1 atom stereocenters. The molecule has 0 spiro atoms. The highest BCUT2D eigenvalue weighted by Crippen LogP contribution is 2.46. The Bertz CT molecular complexity index is 514. The smallest absolute Gasteiger partial charge is 0.292 e. The highest BCUT2D eigenvalue weighted by atomic mass is 16.9. The Labute approximate surface area is 160 Å². The van der Waals surface area contributed by atoms with Gasteiger partial charge >= 0.3 is 0 Å². The van der Waals surface area contributed by atoms with Crippen LogP contribution in [0.5, 0.6) is 0 Å². The maximum Gasteiger partial charge on any atom is 0.292 e. The monoisotopic (exact) mass is 362 g/mol. The first-order valence-electron chi connectivity index (χ1n) is 9.98. The van der Waals surface area contributed by atoms with Crippen molar-refractivity contribution in [1.29, 1.82) is 0 Å². The molecule has 1 unspecified atom stereocenters. The largest absolute Gasteiger partial charge is 0.330 e. The molecule has 0 bridgehead atoms. The lowest BCUT2D eigenvalue weighted by Crippen LogP contribution is -2.55. The molecule has 148 valence electrons. The Morgan fingerprint density at radius 3 is 2.08 bits per heavy atom. The molecule has 1 aromatic carbocycles. The number of hydrogen-bond donors (Lipinski definition) is 0. The Morgan fingerprint density at radius 2 is 1.54 bits per heavy atom. The minimum atomic E-state index is -1.11. The van der Waals surface area contributed by atoms with Gasteiger partial charge in [-0.05, 0) is 24.0 Å². The summed E-state index contributed by atoms with van der Waals surface area (Å²) >= 11 is 0. The van der Waals surface area contributed by atoms with Gasteiger partial charge in [-0.15, -0.1) is 0 Å². The summed E-state index contributed by atoms with van der Waals surface area (Å²) in [6.07, 6.45) is 11.2. The van der Waals surface area contributed by atoms with Crippen LogP contribution in [0.3, 0.4) is 0 Å². The van der Waals surface area contributed by atoms with Gasteiger partial charge in [0.25, 0.3) is 5.97 Å². The van der Waals surface area contributed by atoms with Crippen LogP contribution >= 0.6 is 0 Å². The van der Waals surface area contributed by atoms with Crippen LogP contribution in [0.4, 0.5) is 0 Å². The number of unbranched alkanes of at least 4 members (excludes halogenated alkanes) is 5. The van der Waals surface area contributed by atoms with E-state index in [1.807, 2.05) is 6.08 Å². The fourth-order valence-corrected chi connectivity index (χ4v) is 4.08. The zero-order valence-electron chi connectivity index (χ0n) is 17.5. The van der Waals surface area contributed by atoms with E-state index in [9.17, 15) is 0 Å². The van der Waals surface area contributed by atoms with Gasteiger partial charge in [0.15, 0.2) is 0 Å². The molecule has 0 aliphatic heterocycles. The molecule has 0 N–H and O–H groups in total. The molecular formula is C23H38O3. The number of ether oxygens (including phenoxy) is 3. The SMILES string of the molecule is C=Cc1cccc(C(CC)(CCCCCCCC)C(OC)(OC)OC)c1. The topological polar surface area (TPSA) is 27.7 Å². The van der Waals surface area contributed by atoms with E-state index in [1.165, 1.54) is 37.7 Å². The van der Waals surface area contributed by atoms with Crippen LogP contribution in [-0.4, -0.2) is 27.3 Å². The van der Waals surface area contributed by atoms with Gasteiger partial charge in [-0.25, -0.2) is 0 Å². The van der Waals surface area contributed by atoms with E-state index >= 15 is 0 Å². The van der Waals surface area contributed by atoms with Crippen molar-refractivity contribution in [2.75, 3.05) is 21.3 Å². The maximum atomic E-state index is 5.85. The number of hydrogen-bond acceptors (Lipinski definition) is 3. The molecule has 0 radical (unpaired) electrons. The van der Waals surface area contributed by atoms with Crippen molar-refractivity contribution in [2.45, 2.75) is 76.6 Å². The van der Waals surface area contributed by atoms with E-state index in [0.717, 1.165) is 24.8 Å². The Kier molecular flexibility index (Phi) is 10.1. The van der Waals surface area contributed by atoms with E-state index in [1.54, 1.807) is 21.3 Å². The van der Waals surface area contributed by atoms with Crippen LogP contribution in [0.1, 0.15) is 76.3 Å². The van der Waals surface area contributed by atoms with Gasteiger partial charge in [0, 0.05) is 21.3 Å². The van der Waals surface area contributed by atoms with Gasteiger partial charge in [-0.3, -0.25) is 0 Å². The van der Waals surface area contributed by atoms with E-state index in [0.29, 0.717) is 0 Å². The van der Waals surface area contributed by atoms with Crippen LogP contribution in [-0.2, 0) is 19.6 Å². The molecule has 0 aliphatic rings. The second-order valence-corrected chi connectivity index (χ2v) is 6.95. The zero-order chi connectivity index (χ0) is 19.5. The average molecular weight is 363 g/mol. The predicted molar refractivity (Wildman–Crippen MR) is 110 cm³/mol. The third kappa shape index (κ3) is 4.97. The third-order valence-electron chi connectivity index (χ3n) is 5.63. The lowest BCUT2D eigenvalue weighted by Gasteiger charge is -2.47. The van der Waals surface area contributed by atoms with Gasteiger partial charge in [0.05, 0.1) is 5.41 Å². The Balaban J connectivity index is 3.18. The molecule has 3 heteroatoms. The van der Waals surface area contributed by atoms with Crippen LogP contribution in [0.25, 0.3) is 6.08 Å². The first kappa shape index (κ1) is 22.9. The van der Waals surface area contributed by atoms with Gasteiger partial charge in [0.1, 0.15) is 0 Å². The summed E-state index contributed by atoms with van der Waals surface area (Å²) in [6, 6.07) is 8.47. The Morgan fingerprint density at radius 1 is 0.923 bits per heavy atom. The summed E-state index contributed by atoms with van der Waals surface area (Å²) in [6.45, 7) is 8.35. The second-order valence-electron chi connectivity index (χ2n) is 6.95. The normalized spacial score (nSPS) is 14.2. The summed E-state index contributed by atoms with van der Waals surface area (Å²) in [5.41, 5.74) is 1.90. The van der Waals surface area contributed by atoms with Gasteiger partial charge in [-0.1, -0.05) is 89.3 Å². The second kappa shape index (κ2) is 11.5. The molecule has 3 nitrogen and oxygen atoms in total. The first-order valence-corrected chi connectivity index (χ1v) is 9.98. The van der Waals surface area contributed by atoms with Crippen LogP contribution in [0.2, 0.25) is 0 Å². The fraction of sp³-hybridized carbons (Fsp3) is 0.652. The van der Waals surface area contributed by atoms with Crippen molar-refractivity contribution >= 4 is 6.08 Å². The lowest BCUT2D eigenvalue weighted by molar-refractivity contribution is -0.389. The van der Waals surface area contributed by atoms with Crippen molar-refractivity contribution < 1.29 is 14.2 Å². The minimum absolute atomic E-state index is 0.380. The summed E-state index contributed by atoms with van der Waals surface area (Å²) in [5.74, 6) is -1.11. The quantitative estimate of drug-likeness (QED) is 0.286. The minimum Gasteiger partial charge on any atom is -0.330 e. The van der Waals surface area contributed by atoms with E-state index < -0.39 is 5.97 Å². The van der Waals surface area contributed by atoms with Gasteiger partial charge in [-0.2, -0.15) is 0 Å². The molecule has 1 rings (SSSR count). The van der Waals surface area contributed by atoms with Crippen LogP contribution in [0.15, 0.2) is 30.8 Å². The Hall–Kier alpha value is -1.16. The highest BCUT2D eigenvalue weighted by molar-refractivity contribution is 5.49. The third-order valence-corrected chi connectivity index (χ3v) is 5.63. The lowest BCUT2D eigenvalue weighted by atomic mass is 9.71. The molecule has 0 fully saturated rings. The summed E-state index contributed by atoms with van der Waals surface area (Å²) in [7, 11) is 4.99. The van der Waals surface area contributed by atoms with Crippen molar-refractivity contribution in [3.63, 3.8) is 0 Å². The highest BCUT2D eigenvalue weighted by Gasteiger charge is 2.53. The molecule has 0 heterocycles. The molecule has 1 aromatic rings. The summed E-state index contributed by atoms with van der Waals surface area (Å²) in [4.78, 5) is 0. The average Bonchev–Trinajstić information content (AvgIpc) is 2.70. The molecular weight excluding hydrogens is 324 g/mol. The van der Waals surface area contributed by atoms with Crippen LogP contribution in [0, 0.1) is 0 Å². The number of benzene rings is 1. The number of methoxy groups -OCH3 is 3. The van der Waals surface area contributed by atoms with Crippen molar-refractivity contribution in [1.82, 2.24) is 0 Å². The number of rotatable bonds is 14. The van der Waals surface area contributed by atoms with Crippen LogP contribution < -0.4 is 0 Å². The van der Waals surface area contributed by atoms with Crippen molar-refractivity contribution in [3.05, 3.63) is 42.0 Å².